The maximum Gasteiger partial charge on any atom is 0.271 e. The van der Waals surface area contributed by atoms with E-state index in [1.54, 1.807) is 36.4 Å². The molecule has 176 valence electrons. The molecule has 0 spiro atoms. The molecule has 34 heavy (non-hydrogen) atoms. The number of anilines is 1. The summed E-state index contributed by atoms with van der Waals surface area (Å²) < 4.78 is 11.0. The van der Waals surface area contributed by atoms with E-state index in [2.05, 4.69) is 15.8 Å². The van der Waals surface area contributed by atoms with Gasteiger partial charge in [-0.3, -0.25) is 9.59 Å². The lowest BCUT2D eigenvalue weighted by Gasteiger charge is -2.14. The van der Waals surface area contributed by atoms with Crippen LogP contribution in [0, 0.1) is 13.8 Å². The fraction of sp³-hybridized carbons (Fsp3) is 0.160. The Morgan fingerprint density at radius 2 is 1.76 bits per heavy atom. The van der Waals surface area contributed by atoms with Crippen LogP contribution in [0.25, 0.3) is 0 Å². The fourth-order valence-corrected chi connectivity index (χ4v) is 3.46. The first kappa shape index (κ1) is 25.1. The van der Waals surface area contributed by atoms with Crippen molar-refractivity contribution < 1.29 is 19.1 Å². The quantitative estimate of drug-likeness (QED) is 0.320. The van der Waals surface area contributed by atoms with Gasteiger partial charge in [-0.05, 0) is 67.4 Å². The van der Waals surface area contributed by atoms with Crippen molar-refractivity contribution in [2.45, 2.75) is 13.8 Å². The summed E-state index contributed by atoms with van der Waals surface area (Å²) in [5.41, 5.74) is 6.18. The standard InChI is InChI=1S/C25H23Cl2N3O4/c1-15-4-9-21(16(2)10-15)29-23(31)14-34-24-20(27)11-17(12-22(24)33-3)13-28-30-25(32)18-5-7-19(26)8-6-18/h4-13H,14H2,1-3H3,(H,29,31)(H,30,32)/b28-13+. The lowest BCUT2D eigenvalue weighted by molar-refractivity contribution is -0.118. The van der Waals surface area contributed by atoms with Crippen molar-refractivity contribution in [1.82, 2.24) is 5.43 Å². The molecular weight excluding hydrogens is 477 g/mol. The highest BCUT2D eigenvalue weighted by Crippen LogP contribution is 2.36. The molecule has 3 rings (SSSR count). The average Bonchev–Trinajstić information content (AvgIpc) is 2.80. The zero-order chi connectivity index (χ0) is 24.7. The van der Waals surface area contributed by atoms with E-state index in [9.17, 15) is 9.59 Å². The van der Waals surface area contributed by atoms with Crippen molar-refractivity contribution >= 4 is 46.9 Å². The molecule has 0 fully saturated rings. The van der Waals surface area contributed by atoms with Crippen LogP contribution in [-0.4, -0.2) is 31.7 Å². The van der Waals surface area contributed by atoms with Gasteiger partial charge in [-0.1, -0.05) is 40.9 Å². The van der Waals surface area contributed by atoms with Gasteiger partial charge in [0.1, 0.15) is 0 Å². The maximum atomic E-state index is 12.4. The van der Waals surface area contributed by atoms with Crippen LogP contribution in [0.3, 0.4) is 0 Å². The van der Waals surface area contributed by atoms with Gasteiger partial charge < -0.3 is 14.8 Å². The fourth-order valence-electron chi connectivity index (χ4n) is 3.06. The van der Waals surface area contributed by atoms with Gasteiger partial charge >= 0.3 is 0 Å². The summed E-state index contributed by atoms with van der Waals surface area (Å²) in [5.74, 6) is -0.180. The molecule has 0 aliphatic heterocycles. The van der Waals surface area contributed by atoms with Crippen LogP contribution < -0.4 is 20.2 Å². The number of nitrogens with zero attached hydrogens (tertiary/aromatic N) is 1. The lowest BCUT2D eigenvalue weighted by atomic mass is 10.1. The number of methoxy groups -OCH3 is 1. The molecular formula is C25H23Cl2N3O4. The minimum atomic E-state index is -0.388. The molecule has 9 heteroatoms. The smallest absolute Gasteiger partial charge is 0.271 e. The van der Waals surface area contributed by atoms with Crippen molar-refractivity contribution in [3.63, 3.8) is 0 Å². The average molecular weight is 500 g/mol. The Kier molecular flexibility index (Phi) is 8.51. The second-order valence-corrected chi connectivity index (χ2v) is 8.24. The maximum absolute atomic E-state index is 12.4. The summed E-state index contributed by atoms with van der Waals surface area (Å²) in [5, 5.41) is 7.52. The predicted octanol–water partition coefficient (Wildman–Crippen LogP) is 5.40. The molecule has 0 unspecified atom stereocenters. The first-order valence-corrected chi connectivity index (χ1v) is 11.0. The summed E-state index contributed by atoms with van der Waals surface area (Å²) >= 11 is 12.2. The number of hydrogen-bond acceptors (Lipinski definition) is 5. The number of nitrogens with one attached hydrogen (secondary N) is 2. The summed E-state index contributed by atoms with van der Waals surface area (Å²) in [7, 11) is 1.46. The number of rotatable bonds is 8. The molecule has 0 aliphatic rings. The van der Waals surface area contributed by atoms with E-state index in [-0.39, 0.29) is 29.2 Å². The van der Waals surface area contributed by atoms with Crippen molar-refractivity contribution in [3.8, 4) is 11.5 Å². The van der Waals surface area contributed by atoms with Crippen molar-refractivity contribution in [2.75, 3.05) is 19.0 Å². The zero-order valence-corrected chi connectivity index (χ0v) is 20.3. The third-order valence-electron chi connectivity index (χ3n) is 4.74. The van der Waals surface area contributed by atoms with Gasteiger partial charge in [-0.2, -0.15) is 5.10 Å². The van der Waals surface area contributed by atoms with Crippen LogP contribution >= 0.6 is 23.2 Å². The van der Waals surface area contributed by atoms with Crippen molar-refractivity contribution in [2.24, 2.45) is 5.10 Å². The van der Waals surface area contributed by atoms with Crippen LogP contribution in [-0.2, 0) is 4.79 Å². The van der Waals surface area contributed by atoms with Gasteiger partial charge in [0.05, 0.1) is 18.3 Å². The van der Waals surface area contributed by atoms with E-state index in [0.29, 0.717) is 27.6 Å². The van der Waals surface area contributed by atoms with E-state index >= 15 is 0 Å². The summed E-state index contributed by atoms with van der Waals surface area (Å²) in [4.78, 5) is 24.5. The Morgan fingerprint density at radius 3 is 2.44 bits per heavy atom. The van der Waals surface area contributed by atoms with Crippen molar-refractivity contribution in [3.05, 3.63) is 86.9 Å². The number of halogens is 2. The Balaban J connectivity index is 1.63. The Morgan fingerprint density at radius 1 is 1.03 bits per heavy atom. The normalized spacial score (nSPS) is 10.7. The molecule has 2 amide bonds. The summed E-state index contributed by atoms with van der Waals surface area (Å²) in [6, 6.07) is 15.4. The Labute approximate surface area is 207 Å². The molecule has 0 saturated heterocycles. The SMILES string of the molecule is COc1cc(/C=N/NC(=O)c2ccc(Cl)cc2)cc(Cl)c1OCC(=O)Nc1ccc(C)cc1C. The second-order valence-electron chi connectivity index (χ2n) is 7.40. The van der Waals surface area contributed by atoms with E-state index in [4.69, 9.17) is 32.7 Å². The molecule has 0 radical (unpaired) electrons. The van der Waals surface area contributed by atoms with Gasteiger partial charge in [0.2, 0.25) is 0 Å². The van der Waals surface area contributed by atoms with Gasteiger partial charge in [0, 0.05) is 16.3 Å². The first-order valence-electron chi connectivity index (χ1n) is 10.2. The largest absolute Gasteiger partial charge is 0.493 e. The van der Waals surface area contributed by atoms with E-state index in [1.807, 2.05) is 32.0 Å². The number of hydrazone groups is 1. The summed E-state index contributed by atoms with van der Waals surface area (Å²) in [6.45, 7) is 3.65. The third-order valence-corrected chi connectivity index (χ3v) is 5.27. The highest BCUT2D eigenvalue weighted by Gasteiger charge is 2.14. The van der Waals surface area contributed by atoms with E-state index in [1.165, 1.54) is 13.3 Å². The Hall–Kier alpha value is -3.55. The number of carbonyl (C=O) groups is 2. The highest BCUT2D eigenvalue weighted by atomic mass is 35.5. The lowest BCUT2D eigenvalue weighted by Crippen LogP contribution is -2.21. The van der Waals surface area contributed by atoms with E-state index < -0.39 is 0 Å². The molecule has 0 heterocycles. The molecule has 2 N–H and O–H groups in total. The van der Waals surface area contributed by atoms with Gasteiger partial charge in [-0.25, -0.2) is 5.43 Å². The zero-order valence-electron chi connectivity index (χ0n) is 18.8. The summed E-state index contributed by atoms with van der Waals surface area (Å²) in [6.07, 6.45) is 1.42. The van der Waals surface area contributed by atoms with Gasteiger partial charge in [0.15, 0.2) is 18.1 Å². The number of amides is 2. The highest BCUT2D eigenvalue weighted by molar-refractivity contribution is 6.32. The molecule has 7 nitrogen and oxygen atoms in total. The number of ether oxygens (including phenoxy) is 2. The third kappa shape index (κ3) is 6.73. The number of benzene rings is 3. The molecule has 0 aliphatic carbocycles. The molecule has 0 atom stereocenters. The number of aryl methyl sites for hydroxylation is 2. The monoisotopic (exact) mass is 499 g/mol. The topological polar surface area (TPSA) is 89.0 Å². The number of carbonyl (C=O) groups excluding carboxylic acids is 2. The molecule has 0 aromatic heterocycles. The Bertz CT molecular complexity index is 1230. The van der Waals surface area contributed by atoms with Crippen LogP contribution in [0.4, 0.5) is 5.69 Å². The first-order chi connectivity index (χ1) is 16.3. The van der Waals surface area contributed by atoms with Crippen LogP contribution in [0.15, 0.2) is 59.7 Å². The predicted molar refractivity (Wildman–Crippen MR) is 135 cm³/mol. The van der Waals surface area contributed by atoms with E-state index in [0.717, 1.165) is 11.1 Å². The van der Waals surface area contributed by atoms with Crippen LogP contribution in [0.5, 0.6) is 11.5 Å². The van der Waals surface area contributed by atoms with Gasteiger partial charge in [-0.15, -0.1) is 0 Å². The second kappa shape index (κ2) is 11.5. The van der Waals surface area contributed by atoms with Crippen molar-refractivity contribution in [1.29, 1.82) is 0 Å². The molecule has 3 aromatic rings. The minimum absolute atomic E-state index is 0.224. The minimum Gasteiger partial charge on any atom is -0.493 e. The number of hydrogen-bond donors (Lipinski definition) is 2. The molecule has 0 saturated carbocycles. The van der Waals surface area contributed by atoms with Crippen LogP contribution in [0.2, 0.25) is 10.0 Å². The molecule has 0 bridgehead atoms. The molecule has 3 aromatic carbocycles. The van der Waals surface area contributed by atoms with Gasteiger partial charge in [0.25, 0.3) is 11.8 Å². The van der Waals surface area contributed by atoms with Crippen LogP contribution in [0.1, 0.15) is 27.0 Å².